The number of likely N-dealkylation sites (tertiary alicyclic amines) is 1. The molecule has 6 nitrogen and oxygen atoms in total. The van der Waals surface area contributed by atoms with E-state index in [-0.39, 0.29) is 11.2 Å². The number of nitrogens with zero attached hydrogens (tertiary/aromatic N) is 4. The van der Waals surface area contributed by atoms with Crippen molar-refractivity contribution in [2.45, 2.75) is 55.6 Å². The van der Waals surface area contributed by atoms with E-state index in [1.807, 2.05) is 11.8 Å². The molecular weight excluding hydrogens is 274 g/mol. The van der Waals surface area contributed by atoms with Crippen LogP contribution >= 0.6 is 11.8 Å². The van der Waals surface area contributed by atoms with Crippen molar-refractivity contribution in [2.24, 2.45) is 5.73 Å². The predicted octanol–water partition coefficient (Wildman–Crippen LogP) is 1.17. The quantitative estimate of drug-likeness (QED) is 0.825. The second-order valence-corrected chi connectivity index (χ2v) is 6.80. The highest BCUT2D eigenvalue weighted by Crippen LogP contribution is 2.39. The van der Waals surface area contributed by atoms with Gasteiger partial charge in [0.05, 0.1) is 11.8 Å². The minimum absolute atomic E-state index is 0.111. The highest BCUT2D eigenvalue weighted by molar-refractivity contribution is 8.00. The molecule has 1 aromatic rings. The zero-order valence-electron chi connectivity index (χ0n) is 11.8. The summed E-state index contributed by atoms with van der Waals surface area (Å²) in [5, 5.41) is 9.10. The number of hydrogen-bond acceptors (Lipinski definition) is 5. The van der Waals surface area contributed by atoms with Crippen molar-refractivity contribution >= 4 is 17.7 Å². The molecular formula is C13H21N5OS. The maximum atomic E-state index is 12.3. The van der Waals surface area contributed by atoms with Crippen LogP contribution in [-0.2, 0) is 11.3 Å². The first kappa shape index (κ1) is 13.9. The largest absolute Gasteiger partial charge is 0.342 e. The average molecular weight is 295 g/mol. The lowest BCUT2D eigenvalue weighted by Gasteiger charge is -2.19. The van der Waals surface area contributed by atoms with Crippen LogP contribution in [0.1, 0.15) is 44.5 Å². The van der Waals surface area contributed by atoms with Gasteiger partial charge in [0.25, 0.3) is 0 Å². The summed E-state index contributed by atoms with van der Waals surface area (Å²) in [7, 11) is 0. The fourth-order valence-corrected chi connectivity index (χ4v) is 3.65. The SMILES string of the molecule is CC(Sc1nnc(CN)n1C1CC1)C(=O)N1CCCC1. The third-order valence-electron chi connectivity index (χ3n) is 3.88. The molecule has 1 unspecified atom stereocenters. The van der Waals surface area contributed by atoms with Crippen LogP contribution in [-0.4, -0.2) is 43.9 Å². The minimum atomic E-state index is -0.111. The number of aromatic nitrogens is 3. The van der Waals surface area contributed by atoms with Gasteiger partial charge in [-0.15, -0.1) is 10.2 Å². The van der Waals surface area contributed by atoms with Gasteiger partial charge in [0, 0.05) is 19.1 Å². The second kappa shape index (κ2) is 5.73. The van der Waals surface area contributed by atoms with E-state index in [1.54, 1.807) is 0 Å². The van der Waals surface area contributed by atoms with Crippen LogP contribution in [0, 0.1) is 0 Å². The topological polar surface area (TPSA) is 77.0 Å². The fraction of sp³-hybridized carbons (Fsp3) is 0.769. The summed E-state index contributed by atoms with van der Waals surface area (Å²) >= 11 is 1.51. The Kier molecular flexibility index (Phi) is 3.98. The Morgan fingerprint density at radius 2 is 2.10 bits per heavy atom. The third-order valence-corrected chi connectivity index (χ3v) is 4.92. The molecule has 2 aliphatic rings. The first-order valence-electron chi connectivity index (χ1n) is 7.30. The maximum Gasteiger partial charge on any atom is 0.235 e. The van der Waals surface area contributed by atoms with Crippen LogP contribution in [0.3, 0.4) is 0 Å². The van der Waals surface area contributed by atoms with Gasteiger partial charge in [0.15, 0.2) is 5.16 Å². The van der Waals surface area contributed by atoms with Crippen molar-refractivity contribution in [3.63, 3.8) is 0 Å². The van der Waals surface area contributed by atoms with Gasteiger partial charge in [-0.05, 0) is 32.6 Å². The monoisotopic (exact) mass is 295 g/mol. The maximum absolute atomic E-state index is 12.3. The molecule has 1 atom stereocenters. The molecule has 110 valence electrons. The Bertz CT molecular complexity index is 493. The molecule has 1 aliphatic carbocycles. The highest BCUT2D eigenvalue weighted by Gasteiger charge is 2.31. The molecule has 0 aromatic carbocycles. The summed E-state index contributed by atoms with van der Waals surface area (Å²) in [6.45, 7) is 4.15. The molecule has 1 amide bonds. The van der Waals surface area contributed by atoms with Crippen molar-refractivity contribution in [2.75, 3.05) is 13.1 Å². The van der Waals surface area contributed by atoms with Gasteiger partial charge in [0.1, 0.15) is 5.82 Å². The first-order valence-corrected chi connectivity index (χ1v) is 8.18. The number of rotatable bonds is 5. The smallest absolute Gasteiger partial charge is 0.235 e. The minimum Gasteiger partial charge on any atom is -0.342 e. The lowest BCUT2D eigenvalue weighted by Crippen LogP contribution is -2.34. The molecule has 1 aromatic heterocycles. The van der Waals surface area contributed by atoms with Crippen LogP contribution in [0.15, 0.2) is 5.16 Å². The van der Waals surface area contributed by atoms with Gasteiger partial charge in [0.2, 0.25) is 5.91 Å². The van der Waals surface area contributed by atoms with Crippen LogP contribution < -0.4 is 5.73 Å². The standard InChI is InChI=1S/C13H21N5OS/c1-9(12(19)17-6-2-3-7-17)20-13-16-15-11(8-14)18(13)10-4-5-10/h9-10H,2-8,14H2,1H3. The number of hydrogen-bond donors (Lipinski definition) is 1. The molecule has 2 fully saturated rings. The molecule has 2 N–H and O–H groups in total. The van der Waals surface area contributed by atoms with E-state index in [2.05, 4.69) is 14.8 Å². The van der Waals surface area contributed by atoms with Crippen molar-refractivity contribution in [1.82, 2.24) is 19.7 Å². The molecule has 0 radical (unpaired) electrons. The van der Waals surface area contributed by atoms with Gasteiger partial charge < -0.3 is 15.2 Å². The zero-order valence-corrected chi connectivity index (χ0v) is 12.6. The van der Waals surface area contributed by atoms with Crippen molar-refractivity contribution in [3.05, 3.63) is 5.82 Å². The summed E-state index contributed by atoms with van der Waals surface area (Å²) in [6, 6.07) is 0.486. The lowest BCUT2D eigenvalue weighted by molar-refractivity contribution is -0.129. The summed E-state index contributed by atoms with van der Waals surface area (Å²) in [6.07, 6.45) is 4.57. The van der Waals surface area contributed by atoms with Crippen LogP contribution in [0.5, 0.6) is 0 Å². The third kappa shape index (κ3) is 2.69. The van der Waals surface area contributed by atoms with E-state index in [9.17, 15) is 4.79 Å². The van der Waals surface area contributed by atoms with E-state index in [0.29, 0.717) is 12.6 Å². The second-order valence-electron chi connectivity index (χ2n) is 5.50. The van der Waals surface area contributed by atoms with E-state index >= 15 is 0 Å². The molecule has 0 bridgehead atoms. The van der Waals surface area contributed by atoms with E-state index in [1.165, 1.54) is 11.8 Å². The number of thioether (sulfide) groups is 1. The van der Waals surface area contributed by atoms with Gasteiger partial charge in [-0.2, -0.15) is 0 Å². The van der Waals surface area contributed by atoms with Crippen LogP contribution in [0.4, 0.5) is 0 Å². The molecule has 2 heterocycles. The van der Waals surface area contributed by atoms with Gasteiger partial charge in [-0.1, -0.05) is 11.8 Å². The summed E-state index contributed by atoms with van der Waals surface area (Å²) in [4.78, 5) is 14.3. The molecule has 3 rings (SSSR count). The highest BCUT2D eigenvalue weighted by atomic mass is 32.2. The fourth-order valence-electron chi connectivity index (χ4n) is 2.63. The van der Waals surface area contributed by atoms with Crippen LogP contribution in [0.2, 0.25) is 0 Å². The van der Waals surface area contributed by atoms with E-state index in [0.717, 1.165) is 49.8 Å². The average Bonchev–Trinajstić information content (AvgIpc) is 3.00. The van der Waals surface area contributed by atoms with Crippen molar-refractivity contribution < 1.29 is 4.79 Å². The molecule has 20 heavy (non-hydrogen) atoms. The lowest BCUT2D eigenvalue weighted by atomic mass is 10.4. The Balaban J connectivity index is 1.70. The Morgan fingerprint density at radius 3 is 2.70 bits per heavy atom. The van der Waals surface area contributed by atoms with E-state index < -0.39 is 0 Å². The first-order chi connectivity index (χ1) is 9.70. The Morgan fingerprint density at radius 1 is 1.40 bits per heavy atom. The van der Waals surface area contributed by atoms with Gasteiger partial charge >= 0.3 is 0 Å². The van der Waals surface area contributed by atoms with Gasteiger partial charge in [-0.25, -0.2) is 0 Å². The Labute approximate surface area is 123 Å². The van der Waals surface area contributed by atoms with E-state index in [4.69, 9.17) is 5.73 Å². The van der Waals surface area contributed by atoms with Crippen molar-refractivity contribution in [3.8, 4) is 0 Å². The predicted molar refractivity (Wildman–Crippen MR) is 77.3 cm³/mol. The molecule has 1 aliphatic heterocycles. The Hall–Kier alpha value is -1.08. The van der Waals surface area contributed by atoms with Gasteiger partial charge in [-0.3, -0.25) is 4.79 Å². The number of amides is 1. The van der Waals surface area contributed by atoms with Crippen molar-refractivity contribution in [1.29, 1.82) is 0 Å². The molecule has 1 saturated carbocycles. The van der Waals surface area contributed by atoms with Crippen LogP contribution in [0.25, 0.3) is 0 Å². The summed E-state index contributed by atoms with van der Waals surface area (Å²) in [5.41, 5.74) is 5.71. The number of nitrogens with two attached hydrogens (primary N) is 1. The normalized spacial score (nSPS) is 20.4. The number of carbonyl (C=O) groups excluding carboxylic acids is 1. The molecule has 7 heteroatoms. The summed E-state index contributed by atoms with van der Waals surface area (Å²) < 4.78 is 2.12. The molecule has 1 saturated heterocycles. The number of carbonyl (C=O) groups is 1. The molecule has 0 spiro atoms. The summed E-state index contributed by atoms with van der Waals surface area (Å²) in [5.74, 6) is 1.04. The zero-order chi connectivity index (χ0) is 14.1.